The van der Waals surface area contributed by atoms with Gasteiger partial charge >= 0.3 is 0 Å². The molecule has 4 fully saturated rings. The molecule has 122 valence electrons. The predicted octanol–water partition coefficient (Wildman–Crippen LogP) is 4.41. The zero-order valence-corrected chi connectivity index (χ0v) is 14.4. The van der Waals surface area contributed by atoms with E-state index < -0.39 is 0 Å². The number of fused-ring (bicyclic) bond motifs is 5. The number of ketones is 2. The van der Waals surface area contributed by atoms with Gasteiger partial charge in [-0.2, -0.15) is 0 Å². The third-order valence-electron chi connectivity index (χ3n) is 8.74. The summed E-state index contributed by atoms with van der Waals surface area (Å²) in [4.78, 5) is 24.5. The highest BCUT2D eigenvalue weighted by Gasteiger charge is 2.61. The van der Waals surface area contributed by atoms with Gasteiger partial charge in [0, 0.05) is 24.7 Å². The maximum absolute atomic E-state index is 12.4. The lowest BCUT2D eigenvalue weighted by molar-refractivity contribution is -0.153. The molecule has 0 aromatic carbocycles. The third kappa shape index (κ3) is 1.73. The van der Waals surface area contributed by atoms with Crippen LogP contribution in [-0.4, -0.2) is 11.6 Å². The van der Waals surface area contributed by atoms with Gasteiger partial charge < -0.3 is 0 Å². The molecule has 0 radical (unpaired) electrons. The minimum atomic E-state index is -0.0158. The monoisotopic (exact) mass is 302 g/mol. The average molecular weight is 302 g/mol. The molecule has 0 aliphatic heterocycles. The van der Waals surface area contributed by atoms with Crippen LogP contribution in [-0.2, 0) is 9.59 Å². The van der Waals surface area contributed by atoms with Crippen molar-refractivity contribution >= 4 is 11.6 Å². The quantitative estimate of drug-likeness (QED) is 0.664. The molecule has 22 heavy (non-hydrogen) atoms. The molecule has 2 heteroatoms. The molecule has 0 unspecified atom stereocenters. The lowest BCUT2D eigenvalue weighted by Gasteiger charge is -2.61. The van der Waals surface area contributed by atoms with Crippen LogP contribution in [0, 0.1) is 40.4 Å². The van der Waals surface area contributed by atoms with Gasteiger partial charge in [0.1, 0.15) is 11.6 Å². The first-order valence-electron chi connectivity index (χ1n) is 9.42. The zero-order chi connectivity index (χ0) is 15.7. The fourth-order valence-electron chi connectivity index (χ4n) is 7.25. The summed E-state index contributed by atoms with van der Waals surface area (Å²) < 4.78 is 0. The molecule has 0 spiro atoms. The van der Waals surface area contributed by atoms with Crippen LogP contribution in [0.3, 0.4) is 0 Å². The summed E-state index contributed by atoms with van der Waals surface area (Å²) >= 11 is 0. The maximum Gasteiger partial charge on any atom is 0.139 e. The van der Waals surface area contributed by atoms with Crippen molar-refractivity contribution in [2.75, 3.05) is 0 Å². The Bertz CT molecular complexity index is 524. The normalized spacial score (nSPS) is 54.6. The lowest BCUT2D eigenvalue weighted by Crippen LogP contribution is -2.56. The number of Topliss-reactive ketones (excluding diaryl/α,β-unsaturated/α-hetero) is 2. The smallest absolute Gasteiger partial charge is 0.139 e. The van der Waals surface area contributed by atoms with Crippen LogP contribution >= 0.6 is 0 Å². The van der Waals surface area contributed by atoms with E-state index in [1.165, 1.54) is 19.3 Å². The van der Waals surface area contributed by atoms with E-state index in [-0.39, 0.29) is 5.41 Å². The van der Waals surface area contributed by atoms with Gasteiger partial charge in [-0.3, -0.25) is 9.59 Å². The molecule has 0 saturated heterocycles. The molecule has 7 atom stereocenters. The van der Waals surface area contributed by atoms with E-state index in [4.69, 9.17) is 0 Å². The van der Waals surface area contributed by atoms with E-state index in [1.54, 1.807) is 0 Å². The number of hydrogen-bond donors (Lipinski definition) is 0. The maximum atomic E-state index is 12.4. The minimum Gasteiger partial charge on any atom is -0.300 e. The second-order valence-electron chi connectivity index (χ2n) is 9.28. The van der Waals surface area contributed by atoms with Gasteiger partial charge in [0.05, 0.1) is 0 Å². The first kappa shape index (κ1) is 14.9. The second-order valence-corrected chi connectivity index (χ2v) is 9.28. The Hall–Kier alpha value is -0.660. The third-order valence-corrected chi connectivity index (χ3v) is 8.74. The number of rotatable bonds is 0. The standard InChI is InChI=1S/C20H30O2/c1-12-10-14(21)11-13-4-5-15-16-6-7-18(22)19(16,2)9-8-17(15)20(12,13)3/h12-13,15-17H,4-11H2,1-3H3/t12-,13-,15-,16+,17+,19-,20-/m0/s1. The molecule has 4 rings (SSSR count). The Morgan fingerprint density at radius 3 is 2.50 bits per heavy atom. The summed E-state index contributed by atoms with van der Waals surface area (Å²) in [5.74, 6) is 4.27. The molecular weight excluding hydrogens is 272 g/mol. The second kappa shape index (κ2) is 4.68. The molecule has 0 aromatic heterocycles. The van der Waals surface area contributed by atoms with E-state index in [1.807, 2.05) is 0 Å². The SMILES string of the molecule is C[C@H]1CC(=O)C[C@@H]2CC[C@@H]3[C@@H](CC[C@]4(C)C(=O)CC[C@H]34)[C@]21C. The number of carbonyl (C=O) groups is 2. The van der Waals surface area contributed by atoms with Crippen LogP contribution in [0.15, 0.2) is 0 Å². The van der Waals surface area contributed by atoms with E-state index in [9.17, 15) is 9.59 Å². The summed E-state index contributed by atoms with van der Waals surface area (Å²) in [5, 5.41) is 0. The number of carbonyl (C=O) groups excluding carboxylic acids is 2. The Balaban J connectivity index is 1.69. The molecule has 0 bridgehead atoms. The molecule has 4 aliphatic rings. The highest BCUT2D eigenvalue weighted by atomic mass is 16.1. The van der Waals surface area contributed by atoms with Crippen LogP contribution in [0.2, 0.25) is 0 Å². The van der Waals surface area contributed by atoms with E-state index in [2.05, 4.69) is 20.8 Å². The van der Waals surface area contributed by atoms with Gasteiger partial charge in [0.15, 0.2) is 0 Å². The molecule has 4 saturated carbocycles. The van der Waals surface area contributed by atoms with Crippen molar-refractivity contribution in [3.63, 3.8) is 0 Å². The molecular formula is C20H30O2. The largest absolute Gasteiger partial charge is 0.300 e. The van der Waals surface area contributed by atoms with Gasteiger partial charge in [0.25, 0.3) is 0 Å². The van der Waals surface area contributed by atoms with Crippen LogP contribution in [0.4, 0.5) is 0 Å². The van der Waals surface area contributed by atoms with Crippen molar-refractivity contribution < 1.29 is 9.59 Å². The average Bonchev–Trinajstić information content (AvgIpc) is 2.77. The van der Waals surface area contributed by atoms with Crippen molar-refractivity contribution in [1.82, 2.24) is 0 Å². The van der Waals surface area contributed by atoms with Gasteiger partial charge in [-0.15, -0.1) is 0 Å². The Labute approximate surface area is 134 Å². The summed E-state index contributed by atoms with van der Waals surface area (Å²) in [7, 11) is 0. The van der Waals surface area contributed by atoms with Crippen LogP contribution in [0.5, 0.6) is 0 Å². The van der Waals surface area contributed by atoms with Crippen molar-refractivity contribution in [3.05, 3.63) is 0 Å². The van der Waals surface area contributed by atoms with Gasteiger partial charge in [-0.25, -0.2) is 0 Å². The first-order chi connectivity index (χ1) is 10.4. The number of hydrogen-bond acceptors (Lipinski definition) is 2. The van der Waals surface area contributed by atoms with Crippen molar-refractivity contribution in [3.8, 4) is 0 Å². The molecule has 0 heterocycles. The van der Waals surface area contributed by atoms with Crippen LogP contribution in [0.1, 0.15) is 72.1 Å². The summed E-state index contributed by atoms with van der Waals surface area (Å²) in [5.41, 5.74) is 0.321. The van der Waals surface area contributed by atoms with Crippen molar-refractivity contribution in [2.24, 2.45) is 40.4 Å². The summed E-state index contributed by atoms with van der Waals surface area (Å²) in [6.45, 7) is 7.07. The molecule has 2 nitrogen and oxygen atoms in total. The van der Waals surface area contributed by atoms with E-state index in [0.29, 0.717) is 34.7 Å². The molecule has 0 amide bonds. The van der Waals surface area contributed by atoms with Gasteiger partial charge in [-0.1, -0.05) is 20.8 Å². The fourth-order valence-corrected chi connectivity index (χ4v) is 7.25. The van der Waals surface area contributed by atoms with Crippen LogP contribution < -0.4 is 0 Å². The summed E-state index contributed by atoms with van der Waals surface area (Å²) in [6, 6.07) is 0. The first-order valence-corrected chi connectivity index (χ1v) is 9.42. The Kier molecular flexibility index (Phi) is 3.17. The molecule has 4 aliphatic carbocycles. The highest BCUT2D eigenvalue weighted by molar-refractivity contribution is 5.87. The minimum absolute atomic E-state index is 0.0158. The molecule has 0 aromatic rings. The van der Waals surface area contributed by atoms with Crippen molar-refractivity contribution in [2.45, 2.75) is 72.1 Å². The lowest BCUT2D eigenvalue weighted by atomic mass is 9.43. The summed E-state index contributed by atoms with van der Waals surface area (Å²) in [6.07, 6.45) is 8.35. The van der Waals surface area contributed by atoms with Crippen molar-refractivity contribution in [1.29, 1.82) is 0 Å². The van der Waals surface area contributed by atoms with Gasteiger partial charge in [-0.05, 0) is 67.1 Å². The Morgan fingerprint density at radius 2 is 1.73 bits per heavy atom. The van der Waals surface area contributed by atoms with E-state index >= 15 is 0 Å². The predicted molar refractivity (Wildman–Crippen MR) is 86.3 cm³/mol. The van der Waals surface area contributed by atoms with Gasteiger partial charge in [0.2, 0.25) is 0 Å². The molecule has 0 N–H and O–H groups in total. The topological polar surface area (TPSA) is 34.1 Å². The Morgan fingerprint density at radius 1 is 0.955 bits per heavy atom. The van der Waals surface area contributed by atoms with E-state index in [0.717, 1.165) is 43.9 Å². The highest BCUT2D eigenvalue weighted by Crippen LogP contribution is 2.66. The van der Waals surface area contributed by atoms with Crippen LogP contribution in [0.25, 0.3) is 0 Å². The zero-order valence-electron chi connectivity index (χ0n) is 14.4. The fraction of sp³-hybridized carbons (Fsp3) is 0.900.